The second kappa shape index (κ2) is 5.72. The van der Waals surface area contributed by atoms with Crippen molar-refractivity contribution in [2.24, 2.45) is 17.6 Å². The number of rotatable bonds is 5. The molecule has 0 aliphatic heterocycles. The predicted octanol–water partition coefficient (Wildman–Crippen LogP) is 2.41. The molecule has 0 bridgehead atoms. The third kappa shape index (κ3) is 3.89. The van der Waals surface area contributed by atoms with Crippen LogP contribution in [0.5, 0.6) is 0 Å². The minimum atomic E-state index is 0.809. The highest BCUT2D eigenvalue weighted by Gasteiger charge is 2.09. The van der Waals surface area contributed by atoms with Gasteiger partial charge in [-0.15, -0.1) is 0 Å². The van der Waals surface area contributed by atoms with Gasteiger partial charge in [0.1, 0.15) is 0 Å². The third-order valence-electron chi connectivity index (χ3n) is 2.14. The average molecular weight is 143 g/mol. The zero-order valence-electron chi connectivity index (χ0n) is 7.56. The van der Waals surface area contributed by atoms with Gasteiger partial charge in [-0.2, -0.15) is 0 Å². The summed E-state index contributed by atoms with van der Waals surface area (Å²) in [6.45, 7) is 7.67. The lowest BCUT2D eigenvalue weighted by molar-refractivity contribution is 0.338. The van der Waals surface area contributed by atoms with Crippen LogP contribution in [0.1, 0.15) is 40.0 Å². The van der Waals surface area contributed by atoms with Crippen LogP contribution in [0.4, 0.5) is 0 Å². The molecule has 2 N–H and O–H groups in total. The second-order valence-electron chi connectivity index (χ2n) is 3.37. The molecule has 0 aromatic heterocycles. The Hall–Kier alpha value is -0.0400. The summed E-state index contributed by atoms with van der Waals surface area (Å²) in [4.78, 5) is 0. The molecule has 1 heteroatoms. The number of hydrogen-bond donors (Lipinski definition) is 1. The summed E-state index contributed by atoms with van der Waals surface area (Å²) < 4.78 is 0. The van der Waals surface area contributed by atoms with Gasteiger partial charge in [-0.3, -0.25) is 0 Å². The van der Waals surface area contributed by atoms with Crippen molar-refractivity contribution in [3.63, 3.8) is 0 Å². The highest BCUT2D eigenvalue weighted by Crippen LogP contribution is 2.19. The Balaban J connectivity index is 3.50. The molecule has 0 rings (SSSR count). The van der Waals surface area contributed by atoms with Crippen molar-refractivity contribution in [1.29, 1.82) is 0 Å². The molecule has 0 radical (unpaired) electrons. The molecule has 62 valence electrons. The maximum atomic E-state index is 5.50. The van der Waals surface area contributed by atoms with E-state index in [4.69, 9.17) is 5.73 Å². The van der Waals surface area contributed by atoms with E-state index in [0.717, 1.165) is 18.4 Å². The van der Waals surface area contributed by atoms with Crippen LogP contribution in [0.3, 0.4) is 0 Å². The molecule has 0 spiro atoms. The van der Waals surface area contributed by atoms with E-state index in [1.807, 2.05) is 0 Å². The van der Waals surface area contributed by atoms with E-state index >= 15 is 0 Å². The molecule has 1 nitrogen and oxygen atoms in total. The second-order valence-corrected chi connectivity index (χ2v) is 3.37. The van der Waals surface area contributed by atoms with Gasteiger partial charge < -0.3 is 5.73 Å². The van der Waals surface area contributed by atoms with E-state index in [1.165, 1.54) is 19.3 Å². The van der Waals surface area contributed by atoms with Gasteiger partial charge in [-0.1, -0.05) is 33.6 Å². The van der Waals surface area contributed by atoms with Crippen LogP contribution in [-0.2, 0) is 0 Å². The van der Waals surface area contributed by atoms with E-state index < -0.39 is 0 Å². The summed E-state index contributed by atoms with van der Waals surface area (Å²) in [6, 6.07) is 0. The van der Waals surface area contributed by atoms with Gasteiger partial charge in [-0.25, -0.2) is 0 Å². The van der Waals surface area contributed by atoms with Crippen LogP contribution < -0.4 is 5.73 Å². The molecule has 10 heavy (non-hydrogen) atoms. The molecule has 0 amide bonds. The molecule has 1 atom stereocenters. The van der Waals surface area contributed by atoms with Crippen molar-refractivity contribution >= 4 is 0 Å². The Morgan fingerprint density at radius 3 is 2.10 bits per heavy atom. The van der Waals surface area contributed by atoms with E-state index in [-0.39, 0.29) is 0 Å². The summed E-state index contributed by atoms with van der Waals surface area (Å²) in [6.07, 6.45) is 3.84. The Morgan fingerprint density at radius 1 is 1.20 bits per heavy atom. The lowest BCUT2D eigenvalue weighted by Crippen LogP contribution is -2.13. The molecule has 0 aliphatic rings. The molecule has 0 fully saturated rings. The lowest BCUT2D eigenvalue weighted by atomic mass is 9.89. The maximum Gasteiger partial charge on any atom is -0.00745 e. The number of hydrogen-bond acceptors (Lipinski definition) is 1. The number of nitrogens with two attached hydrogens (primary N) is 1. The van der Waals surface area contributed by atoms with Crippen LogP contribution >= 0.6 is 0 Å². The minimum absolute atomic E-state index is 0.809. The van der Waals surface area contributed by atoms with Crippen molar-refractivity contribution < 1.29 is 0 Å². The van der Waals surface area contributed by atoms with Gasteiger partial charge in [0.05, 0.1) is 0 Å². The van der Waals surface area contributed by atoms with Crippen molar-refractivity contribution in [2.75, 3.05) is 6.54 Å². The summed E-state index contributed by atoms with van der Waals surface area (Å²) in [5, 5.41) is 0. The zero-order chi connectivity index (χ0) is 7.98. The molecule has 0 saturated heterocycles. The fourth-order valence-electron chi connectivity index (χ4n) is 1.40. The summed E-state index contributed by atoms with van der Waals surface area (Å²) in [5.74, 6) is 1.67. The summed E-state index contributed by atoms with van der Waals surface area (Å²) >= 11 is 0. The zero-order valence-corrected chi connectivity index (χ0v) is 7.56. The van der Waals surface area contributed by atoms with Gasteiger partial charge in [0.15, 0.2) is 0 Å². The van der Waals surface area contributed by atoms with Crippen molar-refractivity contribution in [3.8, 4) is 0 Å². The van der Waals surface area contributed by atoms with Crippen LogP contribution in [0, 0.1) is 11.8 Å². The van der Waals surface area contributed by atoms with Crippen LogP contribution in [0.2, 0.25) is 0 Å². The maximum absolute atomic E-state index is 5.50. The Bertz CT molecular complexity index is 63.1. The van der Waals surface area contributed by atoms with Gasteiger partial charge in [-0.05, 0) is 24.8 Å². The molecule has 0 aromatic carbocycles. The van der Waals surface area contributed by atoms with Gasteiger partial charge >= 0.3 is 0 Å². The Kier molecular flexibility index (Phi) is 5.70. The molecule has 1 unspecified atom stereocenters. The molecule has 0 saturated carbocycles. The third-order valence-corrected chi connectivity index (χ3v) is 2.14. The quantitative estimate of drug-likeness (QED) is 0.628. The lowest BCUT2D eigenvalue weighted by Gasteiger charge is -2.18. The van der Waals surface area contributed by atoms with Crippen LogP contribution in [0.15, 0.2) is 0 Å². The Labute approximate surface area is 65.0 Å². The highest BCUT2D eigenvalue weighted by atomic mass is 14.5. The smallest absolute Gasteiger partial charge is 0.00745 e. The molecule has 0 aromatic rings. The van der Waals surface area contributed by atoms with Crippen LogP contribution in [-0.4, -0.2) is 6.54 Å². The first kappa shape index (κ1) is 9.96. The van der Waals surface area contributed by atoms with E-state index in [1.54, 1.807) is 0 Å². The fraction of sp³-hybridized carbons (Fsp3) is 1.00. The predicted molar refractivity (Wildman–Crippen MR) is 46.9 cm³/mol. The first-order valence-corrected chi connectivity index (χ1v) is 4.42. The van der Waals surface area contributed by atoms with E-state index in [9.17, 15) is 0 Å². The molecule has 0 heterocycles. The standard InChI is InChI=1S/C9H21N/c1-4-5-9(6-7-10)8(2)3/h8-9H,4-7,10H2,1-3H3. The average Bonchev–Trinajstić information content (AvgIpc) is 1.87. The topological polar surface area (TPSA) is 26.0 Å². The minimum Gasteiger partial charge on any atom is -0.330 e. The van der Waals surface area contributed by atoms with Gasteiger partial charge in [0, 0.05) is 0 Å². The summed E-state index contributed by atoms with van der Waals surface area (Å²) in [5.41, 5.74) is 5.50. The largest absolute Gasteiger partial charge is 0.330 e. The molecular weight excluding hydrogens is 122 g/mol. The first-order valence-electron chi connectivity index (χ1n) is 4.42. The SMILES string of the molecule is CCCC(CCN)C(C)C. The van der Waals surface area contributed by atoms with E-state index in [2.05, 4.69) is 20.8 Å². The summed E-state index contributed by atoms with van der Waals surface area (Å²) in [7, 11) is 0. The van der Waals surface area contributed by atoms with Crippen molar-refractivity contribution in [2.45, 2.75) is 40.0 Å². The first-order chi connectivity index (χ1) is 4.72. The van der Waals surface area contributed by atoms with E-state index in [0.29, 0.717) is 0 Å². The van der Waals surface area contributed by atoms with Gasteiger partial charge in [0.25, 0.3) is 0 Å². The molecular formula is C9H21N. The van der Waals surface area contributed by atoms with Crippen LogP contribution in [0.25, 0.3) is 0 Å². The van der Waals surface area contributed by atoms with Crippen molar-refractivity contribution in [3.05, 3.63) is 0 Å². The highest BCUT2D eigenvalue weighted by molar-refractivity contribution is 4.62. The monoisotopic (exact) mass is 143 g/mol. The van der Waals surface area contributed by atoms with Crippen molar-refractivity contribution in [1.82, 2.24) is 0 Å². The normalized spacial score (nSPS) is 14.1. The van der Waals surface area contributed by atoms with Gasteiger partial charge in [0.2, 0.25) is 0 Å². The molecule has 0 aliphatic carbocycles. The Morgan fingerprint density at radius 2 is 1.80 bits per heavy atom. The fourth-order valence-corrected chi connectivity index (χ4v) is 1.40.